The Labute approximate surface area is 359 Å². The molecule has 0 saturated heterocycles. The molecule has 61 heavy (non-hydrogen) atoms. The van der Waals surface area contributed by atoms with Gasteiger partial charge in [-0.3, -0.25) is 0 Å². The average Bonchev–Trinajstić information content (AvgIpc) is 3.76. The van der Waals surface area contributed by atoms with Crippen molar-refractivity contribution in [3.05, 3.63) is 224 Å². The standard InChI is InChI=1S/C57H37N3S/c1-5-18-38(19-6-1)42-26-16-30-46(35-42)52-53-54(40-22-9-3-10-23-40)58-49-33-14-13-32-48(49)56(53)61-55(52)47-31-17-28-44(36-47)43-27-15-29-45(34-43)51-37-50(39-20-7-2-8-21-39)59-57(60-51)41-24-11-4-12-25-41/h1-37H. The number of rotatable bonds is 8. The highest BCUT2D eigenvalue weighted by atomic mass is 32.1. The molecule has 8 aromatic carbocycles. The summed E-state index contributed by atoms with van der Waals surface area (Å²) in [5.74, 6) is 0.704. The third-order valence-electron chi connectivity index (χ3n) is 11.3. The second kappa shape index (κ2) is 15.8. The number of thiophene rings is 1. The molecule has 0 amide bonds. The van der Waals surface area contributed by atoms with Gasteiger partial charge in [0, 0.05) is 48.2 Å². The molecule has 11 rings (SSSR count). The Bertz CT molecular complexity index is 3280. The van der Waals surface area contributed by atoms with E-state index in [9.17, 15) is 0 Å². The molecule has 3 aromatic heterocycles. The Balaban J connectivity index is 1.10. The van der Waals surface area contributed by atoms with Gasteiger partial charge in [0.1, 0.15) is 0 Å². The van der Waals surface area contributed by atoms with Crippen molar-refractivity contribution in [2.45, 2.75) is 0 Å². The largest absolute Gasteiger partial charge is 0.247 e. The van der Waals surface area contributed by atoms with Gasteiger partial charge in [0.25, 0.3) is 0 Å². The summed E-state index contributed by atoms with van der Waals surface area (Å²) in [7, 11) is 0. The second-order valence-corrected chi connectivity index (χ2v) is 16.2. The molecule has 0 aliphatic rings. The van der Waals surface area contributed by atoms with Gasteiger partial charge < -0.3 is 0 Å². The molecule has 0 saturated carbocycles. The molecular formula is C57H37N3S. The zero-order valence-electron chi connectivity index (χ0n) is 33.1. The minimum absolute atomic E-state index is 0.704. The molecule has 3 nitrogen and oxygen atoms in total. The van der Waals surface area contributed by atoms with Crippen LogP contribution in [0.3, 0.4) is 0 Å². The van der Waals surface area contributed by atoms with Crippen molar-refractivity contribution in [3.8, 4) is 89.0 Å². The van der Waals surface area contributed by atoms with E-state index in [0.717, 1.165) is 72.5 Å². The van der Waals surface area contributed by atoms with Crippen LogP contribution in [0.5, 0.6) is 0 Å². The minimum Gasteiger partial charge on any atom is -0.247 e. The molecule has 0 spiro atoms. The summed E-state index contributed by atoms with van der Waals surface area (Å²) in [4.78, 5) is 16.8. The molecule has 0 bridgehead atoms. The summed E-state index contributed by atoms with van der Waals surface area (Å²) < 4.78 is 1.24. The smallest absolute Gasteiger partial charge is 0.160 e. The third-order valence-corrected chi connectivity index (χ3v) is 12.5. The van der Waals surface area contributed by atoms with E-state index in [1.54, 1.807) is 0 Å². The van der Waals surface area contributed by atoms with Crippen LogP contribution in [0.2, 0.25) is 0 Å². The predicted molar refractivity (Wildman–Crippen MR) is 256 cm³/mol. The van der Waals surface area contributed by atoms with Gasteiger partial charge in [-0.25, -0.2) is 15.0 Å². The van der Waals surface area contributed by atoms with Gasteiger partial charge in [0.2, 0.25) is 0 Å². The van der Waals surface area contributed by atoms with E-state index in [2.05, 4.69) is 200 Å². The van der Waals surface area contributed by atoms with Crippen LogP contribution < -0.4 is 0 Å². The number of hydrogen-bond donors (Lipinski definition) is 0. The molecule has 0 aliphatic carbocycles. The SMILES string of the molecule is c1ccc(-c2cccc(-c3c(-c4cccc(-c5cccc(-c6cc(-c7ccccc7)nc(-c7ccccc7)n6)c5)c4)sc4c3c(-c3ccccc3)nc3ccccc34)c2)cc1. The fraction of sp³-hybridized carbons (Fsp3) is 0. The van der Waals surface area contributed by atoms with Crippen LogP contribution >= 0.6 is 11.3 Å². The third kappa shape index (κ3) is 6.99. The molecule has 0 unspecified atom stereocenters. The maximum Gasteiger partial charge on any atom is 0.160 e. The van der Waals surface area contributed by atoms with E-state index < -0.39 is 0 Å². The fourth-order valence-corrected chi connectivity index (χ4v) is 9.68. The number of nitrogens with zero attached hydrogens (tertiary/aromatic N) is 3. The second-order valence-electron chi connectivity index (χ2n) is 15.2. The molecule has 0 atom stereocenters. The van der Waals surface area contributed by atoms with Crippen LogP contribution in [-0.2, 0) is 0 Å². The van der Waals surface area contributed by atoms with Crippen molar-refractivity contribution >= 4 is 32.3 Å². The molecule has 286 valence electrons. The lowest BCUT2D eigenvalue weighted by molar-refractivity contribution is 1.18. The van der Waals surface area contributed by atoms with E-state index >= 15 is 0 Å². The molecule has 0 aliphatic heterocycles. The van der Waals surface area contributed by atoms with Crippen LogP contribution in [0.15, 0.2) is 224 Å². The van der Waals surface area contributed by atoms with Crippen LogP contribution in [0.1, 0.15) is 0 Å². The van der Waals surface area contributed by atoms with Crippen LogP contribution in [-0.4, -0.2) is 15.0 Å². The summed E-state index contributed by atoms with van der Waals surface area (Å²) in [5, 5.41) is 2.34. The van der Waals surface area contributed by atoms with Gasteiger partial charge in [0.15, 0.2) is 5.82 Å². The summed E-state index contributed by atoms with van der Waals surface area (Å²) >= 11 is 1.86. The lowest BCUT2D eigenvalue weighted by Gasteiger charge is -2.13. The van der Waals surface area contributed by atoms with Gasteiger partial charge in [0.05, 0.1) is 22.6 Å². The quantitative estimate of drug-likeness (QED) is 0.154. The van der Waals surface area contributed by atoms with Gasteiger partial charge >= 0.3 is 0 Å². The van der Waals surface area contributed by atoms with Crippen molar-refractivity contribution in [1.82, 2.24) is 15.0 Å². The first-order valence-electron chi connectivity index (χ1n) is 20.5. The summed E-state index contributed by atoms with van der Waals surface area (Å²) in [6, 6.07) is 79.2. The summed E-state index contributed by atoms with van der Waals surface area (Å²) in [6.45, 7) is 0. The van der Waals surface area contributed by atoms with Crippen molar-refractivity contribution in [2.24, 2.45) is 0 Å². The topological polar surface area (TPSA) is 38.7 Å². The van der Waals surface area contributed by atoms with Crippen LogP contribution in [0.25, 0.3) is 110 Å². The lowest BCUT2D eigenvalue weighted by atomic mass is 9.92. The van der Waals surface area contributed by atoms with E-state index in [4.69, 9.17) is 15.0 Å². The maximum atomic E-state index is 5.40. The highest BCUT2D eigenvalue weighted by molar-refractivity contribution is 7.24. The highest BCUT2D eigenvalue weighted by Crippen LogP contribution is 2.51. The highest BCUT2D eigenvalue weighted by Gasteiger charge is 2.23. The maximum absolute atomic E-state index is 5.40. The Morgan fingerprint density at radius 2 is 0.770 bits per heavy atom. The Hall–Kier alpha value is -7.79. The molecular weight excluding hydrogens is 759 g/mol. The Morgan fingerprint density at radius 3 is 1.44 bits per heavy atom. The minimum atomic E-state index is 0.704. The van der Waals surface area contributed by atoms with Crippen molar-refractivity contribution < 1.29 is 0 Å². The number of pyridine rings is 1. The number of benzene rings is 8. The normalized spacial score (nSPS) is 11.3. The lowest BCUT2D eigenvalue weighted by Crippen LogP contribution is -1.96. The van der Waals surface area contributed by atoms with E-state index in [0.29, 0.717) is 5.82 Å². The number of aromatic nitrogens is 3. The van der Waals surface area contributed by atoms with E-state index in [-0.39, 0.29) is 0 Å². The molecule has 0 fully saturated rings. The number of fused-ring (bicyclic) bond motifs is 3. The predicted octanol–water partition coefficient (Wildman–Crippen LogP) is 15.6. The van der Waals surface area contributed by atoms with Gasteiger partial charge in [-0.05, 0) is 63.7 Å². The first-order valence-corrected chi connectivity index (χ1v) is 21.3. The molecule has 4 heteroatoms. The monoisotopic (exact) mass is 795 g/mol. The fourth-order valence-electron chi connectivity index (χ4n) is 8.32. The number of para-hydroxylation sites is 1. The van der Waals surface area contributed by atoms with E-state index in [1.165, 1.54) is 31.7 Å². The number of hydrogen-bond acceptors (Lipinski definition) is 4. The first kappa shape index (κ1) is 36.3. The van der Waals surface area contributed by atoms with Crippen molar-refractivity contribution in [2.75, 3.05) is 0 Å². The van der Waals surface area contributed by atoms with E-state index in [1.807, 2.05) is 35.6 Å². The van der Waals surface area contributed by atoms with Gasteiger partial charge in [-0.15, -0.1) is 11.3 Å². The summed E-state index contributed by atoms with van der Waals surface area (Å²) in [6.07, 6.45) is 0. The van der Waals surface area contributed by atoms with Crippen molar-refractivity contribution in [3.63, 3.8) is 0 Å². The zero-order valence-corrected chi connectivity index (χ0v) is 33.9. The molecule has 0 radical (unpaired) electrons. The van der Waals surface area contributed by atoms with Gasteiger partial charge in [-0.1, -0.05) is 194 Å². The Morgan fingerprint density at radius 1 is 0.311 bits per heavy atom. The molecule has 0 N–H and O–H groups in total. The van der Waals surface area contributed by atoms with Crippen molar-refractivity contribution in [1.29, 1.82) is 0 Å². The first-order chi connectivity index (χ1) is 30.2. The molecule has 3 heterocycles. The average molecular weight is 796 g/mol. The molecule has 11 aromatic rings. The van der Waals surface area contributed by atoms with Gasteiger partial charge in [-0.2, -0.15) is 0 Å². The van der Waals surface area contributed by atoms with Crippen LogP contribution in [0, 0.1) is 0 Å². The van der Waals surface area contributed by atoms with Crippen LogP contribution in [0.4, 0.5) is 0 Å². The Kier molecular flexibility index (Phi) is 9.38. The summed E-state index contributed by atoms with van der Waals surface area (Å²) in [5.41, 5.74) is 16.1. The zero-order chi connectivity index (χ0) is 40.5.